The van der Waals surface area contributed by atoms with Crippen LogP contribution in [0, 0.1) is 6.92 Å². The van der Waals surface area contributed by atoms with Gasteiger partial charge in [0.2, 0.25) is 5.91 Å². The summed E-state index contributed by atoms with van der Waals surface area (Å²) in [6.07, 6.45) is 3.76. The molecule has 2 aromatic heterocycles. The Kier molecular flexibility index (Phi) is 5.30. The number of fused-ring (bicyclic) bond motifs is 1. The van der Waals surface area contributed by atoms with Crippen molar-refractivity contribution < 1.29 is 14.6 Å². The molecule has 0 bridgehead atoms. The molecule has 146 valence electrons. The maximum absolute atomic E-state index is 11.8. The van der Waals surface area contributed by atoms with Crippen LogP contribution in [0.5, 0.6) is 5.75 Å². The normalized spacial score (nSPS) is 15.1. The number of aromatic nitrogens is 2. The Morgan fingerprint density at radius 2 is 1.89 bits per heavy atom. The minimum atomic E-state index is -0.0889. The van der Waals surface area contributed by atoms with Gasteiger partial charge in [0.05, 0.1) is 12.1 Å². The van der Waals surface area contributed by atoms with Crippen LogP contribution in [-0.2, 0) is 4.79 Å². The third-order valence-electron chi connectivity index (χ3n) is 5.39. The third-order valence-corrected chi connectivity index (χ3v) is 5.39. The van der Waals surface area contributed by atoms with Crippen LogP contribution >= 0.6 is 0 Å². The van der Waals surface area contributed by atoms with E-state index in [2.05, 4.69) is 36.3 Å². The molecule has 1 aliphatic rings. The highest BCUT2D eigenvalue weighted by atomic mass is 16.5. The smallest absolute Gasteiger partial charge is 0.224 e. The Bertz CT molecular complexity index is 957. The molecule has 1 N–H and O–H groups in total. The third kappa shape index (κ3) is 3.73. The molecule has 1 fully saturated rings. The number of piperidine rings is 1. The van der Waals surface area contributed by atoms with E-state index in [0.29, 0.717) is 13.1 Å². The first-order chi connectivity index (χ1) is 13.7. The predicted molar refractivity (Wildman–Crippen MR) is 107 cm³/mol. The van der Waals surface area contributed by atoms with E-state index in [1.807, 2.05) is 33.8 Å². The zero-order valence-corrected chi connectivity index (χ0v) is 16.0. The number of aliphatic hydroxyl groups excluding tert-OH is 1. The summed E-state index contributed by atoms with van der Waals surface area (Å²) in [5, 5.41) is 13.3. The molecule has 1 amide bonds. The predicted octanol–water partition coefficient (Wildman–Crippen LogP) is 3.06. The summed E-state index contributed by atoms with van der Waals surface area (Å²) >= 11 is 0. The number of aryl methyl sites for hydroxylation is 1. The van der Waals surface area contributed by atoms with Crippen molar-refractivity contribution in [2.75, 3.05) is 19.7 Å². The minimum Gasteiger partial charge on any atom is -0.490 e. The van der Waals surface area contributed by atoms with Gasteiger partial charge in [-0.05, 0) is 36.8 Å². The Labute approximate surface area is 164 Å². The summed E-state index contributed by atoms with van der Waals surface area (Å²) in [5.41, 5.74) is 4.48. The Morgan fingerprint density at radius 1 is 1.14 bits per heavy atom. The van der Waals surface area contributed by atoms with Crippen LogP contribution in [0.25, 0.3) is 16.6 Å². The number of rotatable bonds is 5. The number of benzene rings is 1. The maximum Gasteiger partial charge on any atom is 0.224 e. The first kappa shape index (κ1) is 18.5. The average Bonchev–Trinajstić information content (AvgIpc) is 3.20. The molecule has 28 heavy (non-hydrogen) atoms. The number of hydrogen-bond acceptors (Lipinski definition) is 4. The number of pyridine rings is 1. The second-order valence-electron chi connectivity index (χ2n) is 7.20. The van der Waals surface area contributed by atoms with Gasteiger partial charge in [-0.1, -0.05) is 18.2 Å². The number of nitrogens with zero attached hydrogens (tertiary/aromatic N) is 3. The van der Waals surface area contributed by atoms with Crippen molar-refractivity contribution in [3.63, 3.8) is 0 Å². The van der Waals surface area contributed by atoms with Gasteiger partial charge in [0, 0.05) is 49.8 Å². The zero-order valence-electron chi connectivity index (χ0n) is 16.0. The summed E-state index contributed by atoms with van der Waals surface area (Å²) in [7, 11) is 0. The zero-order chi connectivity index (χ0) is 19.5. The molecule has 0 spiro atoms. The van der Waals surface area contributed by atoms with E-state index in [-0.39, 0.29) is 25.0 Å². The molecule has 3 heterocycles. The lowest BCUT2D eigenvalue weighted by atomic mass is 10.0. The number of carbonyl (C=O) groups is 1. The van der Waals surface area contributed by atoms with Crippen LogP contribution in [0.2, 0.25) is 0 Å². The molecule has 0 radical (unpaired) electrons. The largest absolute Gasteiger partial charge is 0.490 e. The summed E-state index contributed by atoms with van der Waals surface area (Å²) in [4.78, 5) is 13.7. The lowest BCUT2D eigenvalue weighted by molar-refractivity contribution is -0.133. The van der Waals surface area contributed by atoms with E-state index in [1.165, 1.54) is 0 Å². The summed E-state index contributed by atoms with van der Waals surface area (Å²) in [6.45, 7) is 3.36. The first-order valence-corrected chi connectivity index (χ1v) is 9.75. The van der Waals surface area contributed by atoms with Crippen molar-refractivity contribution in [2.45, 2.75) is 32.3 Å². The molecule has 0 atom stereocenters. The quantitative estimate of drug-likeness (QED) is 0.740. The molecule has 1 saturated heterocycles. The number of hydrogen-bond donors (Lipinski definition) is 1. The first-order valence-electron chi connectivity index (χ1n) is 9.75. The number of amides is 1. The summed E-state index contributed by atoms with van der Waals surface area (Å²) in [5.74, 6) is 0.872. The van der Waals surface area contributed by atoms with Gasteiger partial charge in [0.1, 0.15) is 11.9 Å². The van der Waals surface area contributed by atoms with Crippen molar-refractivity contribution in [1.29, 1.82) is 0 Å². The summed E-state index contributed by atoms with van der Waals surface area (Å²) < 4.78 is 8.07. The highest BCUT2D eigenvalue weighted by molar-refractivity contribution is 5.76. The maximum atomic E-state index is 11.8. The van der Waals surface area contributed by atoms with Crippen LogP contribution in [0.4, 0.5) is 0 Å². The molecular weight excluding hydrogens is 354 g/mol. The molecule has 6 heteroatoms. The van der Waals surface area contributed by atoms with E-state index in [1.54, 1.807) is 0 Å². The van der Waals surface area contributed by atoms with Gasteiger partial charge in [0.25, 0.3) is 0 Å². The molecule has 1 aliphatic heterocycles. The molecule has 0 aliphatic carbocycles. The van der Waals surface area contributed by atoms with E-state index in [0.717, 1.165) is 40.9 Å². The topological polar surface area (TPSA) is 67.1 Å². The van der Waals surface area contributed by atoms with Gasteiger partial charge < -0.3 is 14.7 Å². The number of carbonyl (C=O) groups excluding carboxylic acids is 1. The lowest BCUT2D eigenvalue weighted by Crippen LogP contribution is -2.42. The Balaban J connectivity index is 1.40. The molecule has 1 aromatic carbocycles. The van der Waals surface area contributed by atoms with E-state index in [9.17, 15) is 4.79 Å². The highest BCUT2D eigenvalue weighted by Crippen LogP contribution is 2.27. The standard InChI is InChI=1S/C22H25N3O3/c1-16-21(7-4-18-8-12-23-25(16)18)17-2-5-19(6-3-17)28-20-9-13-24(14-10-20)22(27)11-15-26/h2-8,12,20,26H,9-11,13-15H2,1H3. The van der Waals surface area contributed by atoms with E-state index >= 15 is 0 Å². The van der Waals surface area contributed by atoms with Gasteiger partial charge >= 0.3 is 0 Å². The fourth-order valence-electron chi connectivity index (χ4n) is 3.81. The Hall–Kier alpha value is -2.86. The van der Waals surface area contributed by atoms with Gasteiger partial charge in [-0.3, -0.25) is 4.79 Å². The number of aliphatic hydroxyl groups is 1. The molecule has 6 nitrogen and oxygen atoms in total. The second-order valence-corrected chi connectivity index (χ2v) is 7.20. The van der Waals surface area contributed by atoms with Crippen molar-refractivity contribution in [1.82, 2.24) is 14.5 Å². The van der Waals surface area contributed by atoms with Crippen LogP contribution < -0.4 is 4.74 Å². The highest BCUT2D eigenvalue weighted by Gasteiger charge is 2.23. The molecular formula is C22H25N3O3. The van der Waals surface area contributed by atoms with Gasteiger partial charge in [-0.2, -0.15) is 5.10 Å². The molecule has 4 rings (SSSR count). The van der Waals surface area contributed by atoms with Gasteiger partial charge in [-0.15, -0.1) is 0 Å². The van der Waals surface area contributed by atoms with E-state index in [4.69, 9.17) is 9.84 Å². The van der Waals surface area contributed by atoms with Crippen LogP contribution in [0.1, 0.15) is 25.0 Å². The monoisotopic (exact) mass is 379 g/mol. The Morgan fingerprint density at radius 3 is 2.61 bits per heavy atom. The van der Waals surface area contributed by atoms with Crippen molar-refractivity contribution in [3.05, 3.63) is 54.4 Å². The van der Waals surface area contributed by atoms with Crippen LogP contribution in [-0.4, -0.2) is 51.3 Å². The summed E-state index contributed by atoms with van der Waals surface area (Å²) in [6, 6.07) is 14.4. The van der Waals surface area contributed by atoms with Gasteiger partial charge in [-0.25, -0.2) is 4.52 Å². The van der Waals surface area contributed by atoms with Crippen molar-refractivity contribution >= 4 is 11.4 Å². The van der Waals surface area contributed by atoms with E-state index < -0.39 is 0 Å². The molecule has 3 aromatic rings. The fourth-order valence-corrected chi connectivity index (χ4v) is 3.81. The van der Waals surface area contributed by atoms with Crippen molar-refractivity contribution in [3.8, 4) is 16.9 Å². The minimum absolute atomic E-state index is 0.0230. The van der Waals surface area contributed by atoms with Crippen molar-refractivity contribution in [2.24, 2.45) is 0 Å². The molecule has 0 saturated carbocycles. The fraction of sp³-hybridized carbons (Fsp3) is 0.364. The SMILES string of the molecule is Cc1c(-c2ccc(OC3CCN(C(=O)CCO)CC3)cc2)ccc2ccnn12. The second kappa shape index (κ2) is 8.02. The van der Waals surface area contributed by atoms with Crippen LogP contribution in [0.3, 0.4) is 0 Å². The lowest BCUT2D eigenvalue weighted by Gasteiger charge is -2.32. The molecule has 0 unspecified atom stereocenters. The van der Waals surface area contributed by atoms with Crippen LogP contribution in [0.15, 0.2) is 48.7 Å². The number of ether oxygens (including phenoxy) is 1. The average molecular weight is 379 g/mol. The number of likely N-dealkylation sites (tertiary alicyclic amines) is 1. The van der Waals surface area contributed by atoms with Gasteiger partial charge in [0.15, 0.2) is 0 Å².